The zero-order chi connectivity index (χ0) is 13.2. The molecule has 0 aliphatic carbocycles. The third kappa shape index (κ3) is 2.32. The summed E-state index contributed by atoms with van der Waals surface area (Å²) in [6.45, 7) is 1.94. The molecule has 3 rings (SSSR count). The number of aryl methyl sites for hydroxylation is 2. The van der Waals surface area contributed by atoms with Gasteiger partial charge in [-0.05, 0) is 36.6 Å². The van der Waals surface area contributed by atoms with Gasteiger partial charge in [0.25, 0.3) is 0 Å². The lowest BCUT2D eigenvalue weighted by atomic mass is 9.99. The summed E-state index contributed by atoms with van der Waals surface area (Å²) in [4.78, 5) is 2.37. The van der Waals surface area contributed by atoms with Crippen molar-refractivity contribution < 1.29 is 0 Å². The Morgan fingerprint density at radius 3 is 3.05 bits per heavy atom. The zero-order valence-electron chi connectivity index (χ0n) is 11.0. The molecule has 0 spiro atoms. The summed E-state index contributed by atoms with van der Waals surface area (Å²) in [7, 11) is 1.94. The molecule has 4 nitrogen and oxygen atoms in total. The molecular weight excluding hydrogens is 236 g/mol. The highest BCUT2D eigenvalue weighted by molar-refractivity contribution is 5.58. The predicted octanol–water partition coefficient (Wildman–Crippen LogP) is 2.24. The molecule has 2 heterocycles. The third-order valence-electron chi connectivity index (χ3n) is 3.56. The van der Waals surface area contributed by atoms with E-state index in [1.165, 1.54) is 16.8 Å². The van der Waals surface area contributed by atoms with Gasteiger partial charge in [0.1, 0.15) is 0 Å². The molecular formula is C15H16N4. The van der Waals surface area contributed by atoms with E-state index in [0.717, 1.165) is 31.5 Å². The number of hydrogen-bond acceptors (Lipinski definition) is 3. The fourth-order valence-corrected chi connectivity index (χ4v) is 2.68. The van der Waals surface area contributed by atoms with Gasteiger partial charge in [0.15, 0.2) is 0 Å². The largest absolute Gasteiger partial charge is 0.367 e. The minimum Gasteiger partial charge on any atom is -0.367 e. The van der Waals surface area contributed by atoms with Gasteiger partial charge in [-0.2, -0.15) is 10.4 Å². The maximum absolute atomic E-state index is 8.97. The first-order valence-corrected chi connectivity index (χ1v) is 6.52. The smallest absolute Gasteiger partial charge is 0.0991 e. The number of nitrogens with zero attached hydrogens (tertiary/aromatic N) is 4. The molecule has 0 saturated carbocycles. The van der Waals surface area contributed by atoms with Crippen LogP contribution in [-0.4, -0.2) is 16.3 Å². The number of rotatable bonds is 2. The van der Waals surface area contributed by atoms with Gasteiger partial charge in [-0.3, -0.25) is 4.68 Å². The second-order valence-corrected chi connectivity index (χ2v) is 5.00. The Bertz CT molecular complexity index is 636. The molecule has 0 N–H and O–H groups in total. The average Bonchev–Trinajstić information content (AvgIpc) is 2.84. The van der Waals surface area contributed by atoms with Crippen LogP contribution in [0.25, 0.3) is 0 Å². The second kappa shape index (κ2) is 4.77. The maximum Gasteiger partial charge on any atom is 0.0991 e. The Morgan fingerprint density at radius 2 is 2.32 bits per heavy atom. The first kappa shape index (κ1) is 11.8. The molecule has 96 valence electrons. The van der Waals surface area contributed by atoms with Gasteiger partial charge >= 0.3 is 0 Å². The molecule has 0 unspecified atom stereocenters. The van der Waals surface area contributed by atoms with Crippen LogP contribution in [-0.2, 0) is 20.0 Å². The molecule has 2 aromatic rings. The molecule has 1 aromatic heterocycles. The second-order valence-electron chi connectivity index (χ2n) is 5.00. The molecule has 0 saturated heterocycles. The number of anilines is 1. The number of aromatic nitrogens is 2. The number of fused-ring (bicyclic) bond motifs is 1. The summed E-state index contributed by atoms with van der Waals surface area (Å²) in [6, 6.07) is 8.21. The average molecular weight is 252 g/mol. The van der Waals surface area contributed by atoms with Crippen LogP contribution < -0.4 is 4.90 Å². The molecule has 19 heavy (non-hydrogen) atoms. The molecule has 0 fully saturated rings. The van der Waals surface area contributed by atoms with E-state index in [-0.39, 0.29) is 0 Å². The fourth-order valence-electron chi connectivity index (χ4n) is 2.68. The van der Waals surface area contributed by atoms with Gasteiger partial charge in [-0.15, -0.1) is 0 Å². The lowest BCUT2D eigenvalue weighted by molar-refractivity contribution is 0.690. The minimum atomic E-state index is 0.752. The lowest BCUT2D eigenvalue weighted by Crippen LogP contribution is -2.28. The van der Waals surface area contributed by atoms with E-state index in [2.05, 4.69) is 28.3 Å². The van der Waals surface area contributed by atoms with Gasteiger partial charge in [0, 0.05) is 37.6 Å². The Kier molecular flexibility index (Phi) is 2.96. The summed E-state index contributed by atoms with van der Waals surface area (Å²) >= 11 is 0. The van der Waals surface area contributed by atoms with Gasteiger partial charge in [0.05, 0.1) is 17.8 Å². The molecule has 1 aromatic carbocycles. The number of benzene rings is 1. The topological polar surface area (TPSA) is 44.9 Å². The van der Waals surface area contributed by atoms with E-state index in [9.17, 15) is 0 Å². The van der Waals surface area contributed by atoms with Crippen LogP contribution in [0.5, 0.6) is 0 Å². The third-order valence-corrected chi connectivity index (χ3v) is 3.56. The first-order chi connectivity index (χ1) is 9.26. The molecule has 1 aliphatic rings. The number of hydrogen-bond donors (Lipinski definition) is 0. The lowest BCUT2D eigenvalue weighted by Gasteiger charge is -2.31. The van der Waals surface area contributed by atoms with E-state index in [1.807, 2.05) is 30.1 Å². The summed E-state index contributed by atoms with van der Waals surface area (Å²) < 4.78 is 1.83. The Labute approximate surface area is 112 Å². The van der Waals surface area contributed by atoms with Crippen LogP contribution in [0.15, 0.2) is 30.6 Å². The van der Waals surface area contributed by atoms with Crippen molar-refractivity contribution in [1.29, 1.82) is 5.26 Å². The van der Waals surface area contributed by atoms with Crippen molar-refractivity contribution in [3.8, 4) is 6.07 Å². The molecule has 4 heteroatoms. The highest BCUT2D eigenvalue weighted by Gasteiger charge is 2.17. The van der Waals surface area contributed by atoms with Crippen LogP contribution in [0, 0.1) is 11.3 Å². The first-order valence-electron chi connectivity index (χ1n) is 6.52. The van der Waals surface area contributed by atoms with Crippen LogP contribution in [0.3, 0.4) is 0 Å². The van der Waals surface area contributed by atoms with Gasteiger partial charge in [-0.1, -0.05) is 0 Å². The van der Waals surface area contributed by atoms with Crippen LogP contribution in [0.1, 0.15) is 23.1 Å². The van der Waals surface area contributed by atoms with E-state index in [0.29, 0.717) is 0 Å². The molecule has 0 bridgehead atoms. The van der Waals surface area contributed by atoms with E-state index in [4.69, 9.17) is 5.26 Å². The van der Waals surface area contributed by atoms with Crippen LogP contribution in [0.4, 0.5) is 5.69 Å². The van der Waals surface area contributed by atoms with Crippen molar-refractivity contribution in [1.82, 2.24) is 9.78 Å². The van der Waals surface area contributed by atoms with Crippen LogP contribution in [0.2, 0.25) is 0 Å². The van der Waals surface area contributed by atoms with Gasteiger partial charge in [-0.25, -0.2) is 0 Å². The standard InChI is InChI=1S/C15H16N4/c1-18-10-13(9-17-18)11-19-6-2-3-14-7-12(8-16)4-5-15(14)19/h4-5,7,9-10H,2-3,6,11H2,1H3. The molecule has 0 amide bonds. The summed E-state index contributed by atoms with van der Waals surface area (Å²) in [5, 5.41) is 13.2. The normalized spacial score (nSPS) is 14.0. The Morgan fingerprint density at radius 1 is 1.42 bits per heavy atom. The SMILES string of the molecule is Cn1cc(CN2CCCc3cc(C#N)ccc32)cn1. The highest BCUT2D eigenvalue weighted by Crippen LogP contribution is 2.29. The monoisotopic (exact) mass is 252 g/mol. The van der Waals surface area contributed by atoms with Gasteiger partial charge in [0.2, 0.25) is 0 Å². The Hall–Kier alpha value is -2.28. The fraction of sp³-hybridized carbons (Fsp3) is 0.333. The van der Waals surface area contributed by atoms with Crippen molar-refractivity contribution in [3.05, 3.63) is 47.3 Å². The summed E-state index contributed by atoms with van der Waals surface area (Å²) in [6.07, 6.45) is 6.17. The number of nitriles is 1. The van der Waals surface area contributed by atoms with E-state index < -0.39 is 0 Å². The zero-order valence-corrected chi connectivity index (χ0v) is 11.0. The predicted molar refractivity (Wildman–Crippen MR) is 73.7 cm³/mol. The van der Waals surface area contributed by atoms with Crippen molar-refractivity contribution in [3.63, 3.8) is 0 Å². The Balaban J connectivity index is 1.88. The highest BCUT2D eigenvalue weighted by atomic mass is 15.2. The molecule has 0 radical (unpaired) electrons. The maximum atomic E-state index is 8.97. The van der Waals surface area contributed by atoms with Crippen molar-refractivity contribution in [2.24, 2.45) is 7.05 Å². The quantitative estimate of drug-likeness (QED) is 0.823. The van der Waals surface area contributed by atoms with Crippen LogP contribution >= 0.6 is 0 Å². The van der Waals surface area contributed by atoms with Crippen molar-refractivity contribution in [2.45, 2.75) is 19.4 Å². The van der Waals surface area contributed by atoms with E-state index in [1.54, 1.807) is 0 Å². The van der Waals surface area contributed by atoms with Crippen molar-refractivity contribution in [2.75, 3.05) is 11.4 Å². The summed E-state index contributed by atoms with van der Waals surface area (Å²) in [5.41, 5.74) is 4.52. The molecule has 1 aliphatic heterocycles. The minimum absolute atomic E-state index is 0.752. The van der Waals surface area contributed by atoms with Crippen molar-refractivity contribution >= 4 is 5.69 Å². The molecule has 0 atom stereocenters. The van der Waals surface area contributed by atoms with Gasteiger partial charge < -0.3 is 4.90 Å². The van der Waals surface area contributed by atoms with E-state index >= 15 is 0 Å². The summed E-state index contributed by atoms with van der Waals surface area (Å²) in [5.74, 6) is 0.